The number of hydrogen-bond donors (Lipinski definition) is 1. The second-order valence-electron chi connectivity index (χ2n) is 3.30. The molecule has 2 nitrogen and oxygen atoms in total. The van der Waals surface area contributed by atoms with Crippen molar-refractivity contribution in [1.82, 2.24) is 0 Å². The maximum atomic E-state index is 13.5. The average Bonchev–Trinajstić information content (AvgIpc) is 2.69. The Kier molecular flexibility index (Phi) is 4.14. The van der Waals surface area contributed by atoms with Crippen molar-refractivity contribution in [3.63, 3.8) is 0 Å². The third-order valence-electron chi connectivity index (χ3n) is 2.07. The SMILES string of the molecule is O=C(Nc1c(F)cc(F)cc1Br)c1sccc1Br. The molecule has 1 N–H and O–H groups in total. The first kappa shape index (κ1) is 13.6. The van der Waals surface area contributed by atoms with Crippen LogP contribution < -0.4 is 5.32 Å². The summed E-state index contributed by atoms with van der Waals surface area (Å²) in [5, 5.41) is 4.13. The van der Waals surface area contributed by atoms with Gasteiger partial charge in [0.1, 0.15) is 10.7 Å². The zero-order valence-electron chi connectivity index (χ0n) is 8.64. The lowest BCUT2D eigenvalue weighted by atomic mass is 10.3. The van der Waals surface area contributed by atoms with E-state index in [4.69, 9.17) is 0 Å². The average molecular weight is 397 g/mol. The molecule has 0 atom stereocenters. The van der Waals surface area contributed by atoms with E-state index in [-0.39, 0.29) is 10.2 Å². The van der Waals surface area contributed by atoms with Gasteiger partial charge in [-0.25, -0.2) is 8.78 Å². The number of carbonyl (C=O) groups excluding carboxylic acids is 1. The Balaban J connectivity index is 2.31. The number of halogens is 4. The zero-order valence-corrected chi connectivity index (χ0v) is 12.6. The van der Waals surface area contributed by atoms with Crippen LogP contribution >= 0.6 is 43.2 Å². The zero-order chi connectivity index (χ0) is 13.3. The second kappa shape index (κ2) is 5.46. The molecule has 18 heavy (non-hydrogen) atoms. The summed E-state index contributed by atoms with van der Waals surface area (Å²) in [6, 6.07) is 3.52. The van der Waals surface area contributed by atoms with Gasteiger partial charge in [-0.2, -0.15) is 0 Å². The van der Waals surface area contributed by atoms with Gasteiger partial charge >= 0.3 is 0 Å². The number of rotatable bonds is 2. The minimum atomic E-state index is -0.831. The van der Waals surface area contributed by atoms with Gasteiger partial charge in [0.25, 0.3) is 5.91 Å². The molecular formula is C11H5Br2F2NOS. The molecule has 0 fully saturated rings. The Bertz CT molecular complexity index is 592. The predicted molar refractivity (Wildman–Crippen MR) is 74.0 cm³/mol. The van der Waals surface area contributed by atoms with E-state index < -0.39 is 17.5 Å². The van der Waals surface area contributed by atoms with Crippen molar-refractivity contribution in [2.24, 2.45) is 0 Å². The van der Waals surface area contributed by atoms with Crippen LogP contribution in [0.1, 0.15) is 9.67 Å². The topological polar surface area (TPSA) is 29.1 Å². The number of anilines is 1. The molecule has 0 spiro atoms. The van der Waals surface area contributed by atoms with Gasteiger partial charge in [0.2, 0.25) is 0 Å². The summed E-state index contributed by atoms with van der Waals surface area (Å²) in [6.45, 7) is 0. The number of thiophene rings is 1. The number of nitrogens with one attached hydrogen (secondary N) is 1. The highest BCUT2D eigenvalue weighted by Crippen LogP contribution is 2.29. The molecule has 1 heterocycles. The number of amides is 1. The highest BCUT2D eigenvalue weighted by molar-refractivity contribution is 9.11. The lowest BCUT2D eigenvalue weighted by Gasteiger charge is -2.08. The van der Waals surface area contributed by atoms with Gasteiger partial charge in [-0.15, -0.1) is 11.3 Å². The van der Waals surface area contributed by atoms with E-state index in [2.05, 4.69) is 37.2 Å². The standard InChI is InChI=1S/C11H5Br2F2NOS/c12-6-1-2-18-10(6)11(17)16-9-7(13)3-5(14)4-8(9)15/h1-4H,(H,16,17). The predicted octanol–water partition coefficient (Wildman–Crippen LogP) is 4.80. The molecule has 0 radical (unpaired) electrons. The first-order valence-electron chi connectivity index (χ1n) is 4.68. The van der Waals surface area contributed by atoms with Gasteiger partial charge in [-0.1, -0.05) is 0 Å². The smallest absolute Gasteiger partial charge is 0.266 e. The van der Waals surface area contributed by atoms with E-state index in [1.54, 1.807) is 11.4 Å². The Morgan fingerprint density at radius 2 is 1.94 bits per heavy atom. The molecule has 2 aromatic rings. The van der Waals surface area contributed by atoms with Crippen LogP contribution in [0.2, 0.25) is 0 Å². The number of hydrogen-bond acceptors (Lipinski definition) is 2. The maximum absolute atomic E-state index is 13.5. The van der Waals surface area contributed by atoms with Crippen LogP contribution in [0.25, 0.3) is 0 Å². The first-order chi connectivity index (χ1) is 8.49. The van der Waals surface area contributed by atoms with Crippen molar-refractivity contribution in [2.75, 3.05) is 5.32 Å². The normalized spacial score (nSPS) is 10.4. The lowest BCUT2D eigenvalue weighted by Crippen LogP contribution is -2.12. The van der Waals surface area contributed by atoms with E-state index in [1.807, 2.05) is 0 Å². The van der Waals surface area contributed by atoms with Gasteiger partial charge < -0.3 is 5.32 Å². The highest BCUT2D eigenvalue weighted by atomic mass is 79.9. The third-order valence-corrected chi connectivity index (χ3v) is 4.53. The van der Waals surface area contributed by atoms with Gasteiger partial charge in [0.05, 0.1) is 5.69 Å². The number of benzene rings is 1. The molecule has 0 saturated heterocycles. The molecule has 2 rings (SSSR count). The maximum Gasteiger partial charge on any atom is 0.266 e. The van der Waals surface area contributed by atoms with Gasteiger partial charge in [-0.05, 0) is 49.4 Å². The van der Waals surface area contributed by atoms with E-state index in [0.717, 1.165) is 6.07 Å². The second-order valence-corrected chi connectivity index (χ2v) is 5.92. The summed E-state index contributed by atoms with van der Waals surface area (Å²) in [4.78, 5) is 12.3. The molecule has 0 aliphatic carbocycles. The fourth-order valence-corrected chi connectivity index (χ4v) is 3.24. The van der Waals surface area contributed by atoms with Crippen LogP contribution in [0, 0.1) is 11.6 Å². The van der Waals surface area contributed by atoms with Crippen LogP contribution in [-0.4, -0.2) is 5.91 Å². The molecule has 0 aliphatic rings. The van der Waals surface area contributed by atoms with E-state index in [0.29, 0.717) is 15.4 Å². The third kappa shape index (κ3) is 2.78. The summed E-state index contributed by atoms with van der Waals surface area (Å²) < 4.78 is 27.2. The summed E-state index contributed by atoms with van der Waals surface area (Å²) in [7, 11) is 0. The highest BCUT2D eigenvalue weighted by Gasteiger charge is 2.16. The van der Waals surface area contributed by atoms with Crippen molar-refractivity contribution in [3.05, 3.63) is 49.0 Å². The van der Waals surface area contributed by atoms with Gasteiger partial charge in [-0.3, -0.25) is 4.79 Å². The van der Waals surface area contributed by atoms with Crippen LogP contribution in [0.3, 0.4) is 0 Å². The van der Waals surface area contributed by atoms with Gasteiger partial charge in [0, 0.05) is 15.0 Å². The monoisotopic (exact) mass is 395 g/mol. The van der Waals surface area contributed by atoms with Crippen LogP contribution in [-0.2, 0) is 0 Å². The van der Waals surface area contributed by atoms with Crippen molar-refractivity contribution < 1.29 is 13.6 Å². The minimum absolute atomic E-state index is 0.0818. The fourth-order valence-electron chi connectivity index (χ4n) is 1.29. The van der Waals surface area contributed by atoms with E-state index in [9.17, 15) is 13.6 Å². The molecular weight excluding hydrogens is 392 g/mol. The van der Waals surface area contributed by atoms with Crippen molar-refractivity contribution in [3.8, 4) is 0 Å². The first-order valence-corrected chi connectivity index (χ1v) is 7.14. The van der Waals surface area contributed by atoms with E-state index in [1.165, 1.54) is 11.3 Å². The summed E-state index contributed by atoms with van der Waals surface area (Å²) in [6.07, 6.45) is 0. The Hall–Kier alpha value is -0.790. The van der Waals surface area contributed by atoms with Crippen LogP contribution in [0.4, 0.5) is 14.5 Å². The molecule has 94 valence electrons. The summed E-state index contributed by atoms with van der Waals surface area (Å²) >= 11 is 7.44. The number of carbonyl (C=O) groups is 1. The van der Waals surface area contributed by atoms with Crippen molar-refractivity contribution in [1.29, 1.82) is 0 Å². The minimum Gasteiger partial charge on any atom is -0.318 e. The van der Waals surface area contributed by atoms with E-state index >= 15 is 0 Å². The Morgan fingerprint density at radius 3 is 2.50 bits per heavy atom. The molecule has 0 aliphatic heterocycles. The van der Waals surface area contributed by atoms with Crippen LogP contribution in [0.5, 0.6) is 0 Å². The Morgan fingerprint density at radius 1 is 1.22 bits per heavy atom. The largest absolute Gasteiger partial charge is 0.318 e. The Labute approximate surface area is 122 Å². The molecule has 1 amide bonds. The summed E-state index contributed by atoms with van der Waals surface area (Å²) in [5.74, 6) is -2.00. The van der Waals surface area contributed by atoms with Gasteiger partial charge in [0.15, 0.2) is 5.82 Å². The molecule has 1 aromatic carbocycles. The van der Waals surface area contributed by atoms with Crippen LogP contribution in [0.15, 0.2) is 32.5 Å². The molecule has 0 saturated carbocycles. The molecule has 7 heteroatoms. The van der Waals surface area contributed by atoms with Crippen molar-refractivity contribution in [2.45, 2.75) is 0 Å². The molecule has 0 unspecified atom stereocenters. The van der Waals surface area contributed by atoms with Crippen molar-refractivity contribution >= 4 is 54.8 Å². The lowest BCUT2D eigenvalue weighted by molar-refractivity contribution is 0.102. The summed E-state index contributed by atoms with van der Waals surface area (Å²) in [5.41, 5.74) is -0.0818. The molecule has 0 bridgehead atoms. The molecule has 1 aromatic heterocycles. The fraction of sp³-hybridized carbons (Fsp3) is 0. The quantitative estimate of drug-likeness (QED) is 0.775.